The largest absolute Gasteiger partial charge is 0.310 e. The van der Waals surface area contributed by atoms with Gasteiger partial charge in [-0.2, -0.15) is 0 Å². The van der Waals surface area contributed by atoms with Crippen molar-refractivity contribution in [3.63, 3.8) is 0 Å². The zero-order chi connectivity index (χ0) is 12.8. The van der Waals surface area contributed by atoms with E-state index in [9.17, 15) is 4.39 Å². The van der Waals surface area contributed by atoms with Gasteiger partial charge in [0.2, 0.25) is 0 Å². The van der Waals surface area contributed by atoms with Gasteiger partial charge in [-0.25, -0.2) is 4.39 Å². The summed E-state index contributed by atoms with van der Waals surface area (Å²) in [7, 11) is 0. The molecule has 2 nitrogen and oxygen atoms in total. The first-order valence-electron chi connectivity index (χ1n) is 7.01. The average molecular weight is 250 g/mol. The van der Waals surface area contributed by atoms with Gasteiger partial charge >= 0.3 is 0 Å². The summed E-state index contributed by atoms with van der Waals surface area (Å²) in [5.74, 6) is -0.142. The van der Waals surface area contributed by atoms with E-state index in [1.165, 1.54) is 32.0 Å². The summed E-state index contributed by atoms with van der Waals surface area (Å²) in [4.78, 5) is 2.50. The number of nitrogens with one attached hydrogen (secondary N) is 1. The second-order valence-corrected chi connectivity index (χ2v) is 5.00. The molecule has 0 spiro atoms. The van der Waals surface area contributed by atoms with Gasteiger partial charge in [0.15, 0.2) is 0 Å². The lowest BCUT2D eigenvalue weighted by atomic mass is 10.0. The third kappa shape index (κ3) is 3.79. The van der Waals surface area contributed by atoms with Crippen molar-refractivity contribution >= 4 is 0 Å². The van der Waals surface area contributed by atoms with Gasteiger partial charge in [-0.3, -0.25) is 0 Å². The van der Waals surface area contributed by atoms with Gasteiger partial charge in [0.05, 0.1) is 0 Å². The molecule has 3 heteroatoms. The molecule has 0 radical (unpaired) electrons. The predicted octanol–water partition coefficient (Wildman–Crippen LogP) is 2.96. The van der Waals surface area contributed by atoms with Crippen molar-refractivity contribution in [1.29, 1.82) is 0 Å². The maximum atomic E-state index is 13.3. The number of halogens is 1. The second-order valence-electron chi connectivity index (χ2n) is 5.00. The Balaban J connectivity index is 1.94. The van der Waals surface area contributed by atoms with Crippen LogP contribution < -0.4 is 5.32 Å². The van der Waals surface area contributed by atoms with Crippen LogP contribution in [-0.2, 0) is 0 Å². The van der Waals surface area contributed by atoms with Crippen molar-refractivity contribution in [2.45, 2.75) is 32.2 Å². The van der Waals surface area contributed by atoms with Gasteiger partial charge in [-0.1, -0.05) is 19.1 Å². The molecule has 1 aliphatic heterocycles. The molecule has 1 fully saturated rings. The van der Waals surface area contributed by atoms with E-state index in [0.717, 1.165) is 25.1 Å². The number of hydrogen-bond donors (Lipinski definition) is 1. The van der Waals surface area contributed by atoms with Crippen LogP contribution in [0, 0.1) is 5.82 Å². The van der Waals surface area contributed by atoms with E-state index < -0.39 is 0 Å². The molecule has 1 aromatic rings. The summed E-state index contributed by atoms with van der Waals surface area (Å²) in [6, 6.07) is 7.24. The fourth-order valence-corrected chi connectivity index (χ4v) is 2.67. The molecule has 0 aliphatic carbocycles. The first kappa shape index (κ1) is 13.5. The SMILES string of the molecule is CCNC(CCN1CCCC1)c1cccc(F)c1. The van der Waals surface area contributed by atoms with Crippen LogP contribution in [0.2, 0.25) is 0 Å². The van der Waals surface area contributed by atoms with Gasteiger partial charge < -0.3 is 10.2 Å². The van der Waals surface area contributed by atoms with Crippen molar-refractivity contribution in [2.75, 3.05) is 26.2 Å². The van der Waals surface area contributed by atoms with Crippen molar-refractivity contribution in [3.8, 4) is 0 Å². The highest BCUT2D eigenvalue weighted by Crippen LogP contribution is 2.19. The third-order valence-corrected chi connectivity index (χ3v) is 3.63. The first-order chi connectivity index (χ1) is 8.79. The van der Waals surface area contributed by atoms with E-state index in [2.05, 4.69) is 17.1 Å². The lowest BCUT2D eigenvalue weighted by Gasteiger charge is -2.22. The molecule has 1 saturated heterocycles. The smallest absolute Gasteiger partial charge is 0.123 e. The van der Waals surface area contributed by atoms with Crippen molar-refractivity contribution < 1.29 is 4.39 Å². The lowest BCUT2D eigenvalue weighted by Crippen LogP contribution is -2.27. The molecular formula is C15H23FN2. The van der Waals surface area contributed by atoms with Crippen LogP contribution in [0.3, 0.4) is 0 Å². The Morgan fingerprint density at radius 1 is 1.33 bits per heavy atom. The van der Waals surface area contributed by atoms with Crippen LogP contribution in [0.4, 0.5) is 4.39 Å². The minimum atomic E-state index is -0.142. The number of hydrogen-bond acceptors (Lipinski definition) is 2. The van der Waals surface area contributed by atoms with Crippen LogP contribution in [0.5, 0.6) is 0 Å². The maximum Gasteiger partial charge on any atom is 0.123 e. The summed E-state index contributed by atoms with van der Waals surface area (Å²) in [6.45, 7) is 6.57. The molecule has 100 valence electrons. The molecular weight excluding hydrogens is 227 g/mol. The molecule has 1 atom stereocenters. The molecule has 1 heterocycles. The van der Waals surface area contributed by atoms with Crippen molar-refractivity contribution in [3.05, 3.63) is 35.6 Å². The van der Waals surface area contributed by atoms with Crippen LogP contribution in [0.25, 0.3) is 0 Å². The minimum absolute atomic E-state index is 0.142. The Morgan fingerprint density at radius 2 is 2.11 bits per heavy atom. The Morgan fingerprint density at radius 3 is 2.78 bits per heavy atom. The highest BCUT2D eigenvalue weighted by atomic mass is 19.1. The van der Waals surface area contributed by atoms with Crippen LogP contribution >= 0.6 is 0 Å². The number of rotatable bonds is 6. The summed E-state index contributed by atoms with van der Waals surface area (Å²) in [5, 5.41) is 3.46. The first-order valence-corrected chi connectivity index (χ1v) is 7.01. The van der Waals surface area contributed by atoms with Crippen molar-refractivity contribution in [2.24, 2.45) is 0 Å². The quantitative estimate of drug-likeness (QED) is 0.835. The second kappa shape index (κ2) is 6.86. The lowest BCUT2D eigenvalue weighted by molar-refractivity contribution is 0.311. The summed E-state index contributed by atoms with van der Waals surface area (Å²) >= 11 is 0. The molecule has 2 rings (SSSR count). The van der Waals surface area contributed by atoms with Crippen LogP contribution in [0.15, 0.2) is 24.3 Å². The zero-order valence-electron chi connectivity index (χ0n) is 11.2. The highest BCUT2D eigenvalue weighted by Gasteiger charge is 2.15. The van der Waals surface area contributed by atoms with Crippen LogP contribution in [0.1, 0.15) is 37.8 Å². The Bertz CT molecular complexity index is 361. The summed E-state index contributed by atoms with van der Waals surface area (Å²) < 4.78 is 13.3. The molecule has 1 N–H and O–H groups in total. The zero-order valence-corrected chi connectivity index (χ0v) is 11.2. The average Bonchev–Trinajstić information content (AvgIpc) is 2.87. The molecule has 1 aliphatic rings. The van der Waals surface area contributed by atoms with E-state index in [4.69, 9.17) is 0 Å². The van der Waals surface area contributed by atoms with Crippen molar-refractivity contribution in [1.82, 2.24) is 10.2 Å². The molecule has 0 aromatic heterocycles. The minimum Gasteiger partial charge on any atom is -0.310 e. The van der Waals surface area contributed by atoms with E-state index >= 15 is 0 Å². The fourth-order valence-electron chi connectivity index (χ4n) is 2.67. The van der Waals surface area contributed by atoms with E-state index in [0.29, 0.717) is 0 Å². The topological polar surface area (TPSA) is 15.3 Å². The number of benzene rings is 1. The third-order valence-electron chi connectivity index (χ3n) is 3.63. The Labute approximate surface area is 109 Å². The summed E-state index contributed by atoms with van der Waals surface area (Å²) in [5.41, 5.74) is 1.07. The molecule has 1 aromatic carbocycles. The number of likely N-dealkylation sites (tertiary alicyclic amines) is 1. The summed E-state index contributed by atoms with van der Waals surface area (Å²) in [6.07, 6.45) is 3.70. The van der Waals surface area contributed by atoms with E-state index in [1.54, 1.807) is 12.1 Å². The monoisotopic (exact) mass is 250 g/mol. The number of nitrogens with zero attached hydrogens (tertiary/aromatic N) is 1. The molecule has 1 unspecified atom stereocenters. The predicted molar refractivity (Wildman–Crippen MR) is 73.1 cm³/mol. The molecule has 0 bridgehead atoms. The Kier molecular flexibility index (Phi) is 5.14. The van der Waals surface area contributed by atoms with Crippen LogP contribution in [-0.4, -0.2) is 31.1 Å². The van der Waals surface area contributed by atoms with Gasteiger partial charge in [-0.15, -0.1) is 0 Å². The van der Waals surface area contributed by atoms with E-state index in [-0.39, 0.29) is 11.9 Å². The van der Waals surface area contributed by atoms with Gasteiger partial charge in [0, 0.05) is 6.04 Å². The van der Waals surface area contributed by atoms with Gasteiger partial charge in [0.25, 0.3) is 0 Å². The van der Waals surface area contributed by atoms with Gasteiger partial charge in [-0.05, 0) is 63.1 Å². The molecule has 18 heavy (non-hydrogen) atoms. The molecule has 0 saturated carbocycles. The fraction of sp³-hybridized carbons (Fsp3) is 0.600. The Hall–Kier alpha value is -0.930. The molecule has 0 amide bonds. The normalized spacial score (nSPS) is 18.1. The maximum absolute atomic E-state index is 13.3. The standard InChI is InChI=1S/C15H23FN2/c1-2-17-15(8-11-18-9-3-4-10-18)13-6-5-7-14(16)12-13/h5-7,12,15,17H,2-4,8-11H2,1H3. The van der Waals surface area contributed by atoms with E-state index in [1.807, 2.05) is 6.07 Å². The highest BCUT2D eigenvalue weighted by molar-refractivity contribution is 5.20. The van der Waals surface area contributed by atoms with Gasteiger partial charge in [0.1, 0.15) is 5.82 Å².